The highest BCUT2D eigenvalue weighted by atomic mass is 16.2. The fourth-order valence-electron chi connectivity index (χ4n) is 3.76. The summed E-state index contributed by atoms with van der Waals surface area (Å²) in [4.78, 5) is 35.2. The second-order valence-electron chi connectivity index (χ2n) is 7.39. The highest BCUT2D eigenvalue weighted by Crippen LogP contribution is 2.27. The van der Waals surface area contributed by atoms with E-state index in [1.165, 1.54) is 30.3 Å². The van der Waals surface area contributed by atoms with Gasteiger partial charge in [-0.15, -0.1) is 0 Å². The minimum Gasteiger partial charge on any atom is -0.320 e. The van der Waals surface area contributed by atoms with Crippen molar-refractivity contribution in [3.05, 3.63) is 34.5 Å². The Morgan fingerprint density at radius 2 is 1.79 bits per heavy atom. The summed E-state index contributed by atoms with van der Waals surface area (Å²) in [5, 5.41) is 3.17. The fourth-order valence-corrected chi connectivity index (χ4v) is 3.76. The Bertz CT molecular complexity index is 743. The van der Waals surface area contributed by atoms with Crippen LogP contribution in [0.15, 0.2) is 17.4 Å². The van der Waals surface area contributed by atoms with Crippen LogP contribution in [0.25, 0.3) is 11.6 Å². The molecule has 0 aliphatic rings. The van der Waals surface area contributed by atoms with Gasteiger partial charge in [-0.1, -0.05) is 38.3 Å². The normalized spacial score (nSPS) is 12.7. The van der Waals surface area contributed by atoms with E-state index < -0.39 is 6.04 Å². The molecular weight excluding hydrogens is 366 g/mol. The Kier molecular flexibility index (Phi) is 11.9. The fraction of sp³-hybridized carbons (Fsp3) is 0.609. The SMILES string of the molecule is C=Cc1c(/C(=C\C)CCCCCCCCNC)n(C)c(=O)n1C(C=O)CCC=O. The van der Waals surface area contributed by atoms with Crippen molar-refractivity contribution in [1.82, 2.24) is 14.5 Å². The Morgan fingerprint density at radius 1 is 1.14 bits per heavy atom. The lowest BCUT2D eigenvalue weighted by molar-refractivity contribution is -0.111. The quantitative estimate of drug-likeness (QED) is 0.336. The summed E-state index contributed by atoms with van der Waals surface area (Å²) in [6.07, 6.45) is 13.8. The van der Waals surface area contributed by atoms with E-state index in [1.54, 1.807) is 17.7 Å². The predicted octanol–water partition coefficient (Wildman–Crippen LogP) is 3.90. The first-order valence-corrected chi connectivity index (χ1v) is 10.7. The van der Waals surface area contributed by atoms with Crippen molar-refractivity contribution < 1.29 is 9.59 Å². The van der Waals surface area contributed by atoms with Gasteiger partial charge in [-0.25, -0.2) is 4.79 Å². The molecule has 0 bridgehead atoms. The molecule has 162 valence electrons. The molecule has 6 nitrogen and oxygen atoms in total. The molecule has 0 amide bonds. The maximum absolute atomic E-state index is 12.9. The first kappa shape index (κ1) is 24.8. The van der Waals surface area contributed by atoms with Gasteiger partial charge in [-0.05, 0) is 57.8 Å². The average molecular weight is 404 g/mol. The third-order valence-electron chi connectivity index (χ3n) is 5.37. The largest absolute Gasteiger partial charge is 0.329 e. The molecule has 0 aromatic carbocycles. The molecule has 1 unspecified atom stereocenters. The van der Waals surface area contributed by atoms with Crippen molar-refractivity contribution in [2.75, 3.05) is 13.6 Å². The molecule has 1 N–H and O–H groups in total. The van der Waals surface area contributed by atoms with Crippen LogP contribution in [0.5, 0.6) is 0 Å². The molecule has 1 aromatic rings. The number of aromatic nitrogens is 2. The van der Waals surface area contributed by atoms with Gasteiger partial charge in [0.15, 0.2) is 0 Å². The monoisotopic (exact) mass is 403 g/mol. The molecule has 1 rings (SSSR count). The molecule has 6 heteroatoms. The molecule has 1 heterocycles. The Hall–Kier alpha value is -2.21. The van der Waals surface area contributed by atoms with Crippen molar-refractivity contribution in [1.29, 1.82) is 0 Å². The number of nitrogens with zero attached hydrogens (tertiary/aromatic N) is 2. The minimum atomic E-state index is -0.656. The smallest absolute Gasteiger partial charge is 0.320 e. The van der Waals surface area contributed by atoms with Crippen LogP contribution in [0.1, 0.15) is 82.1 Å². The maximum atomic E-state index is 12.9. The molecule has 1 aromatic heterocycles. The van der Waals surface area contributed by atoms with E-state index in [2.05, 4.69) is 11.9 Å². The predicted molar refractivity (Wildman–Crippen MR) is 120 cm³/mol. The summed E-state index contributed by atoms with van der Waals surface area (Å²) >= 11 is 0. The molecule has 0 aliphatic heterocycles. The highest BCUT2D eigenvalue weighted by molar-refractivity contribution is 5.71. The van der Waals surface area contributed by atoms with Crippen LogP contribution < -0.4 is 11.0 Å². The summed E-state index contributed by atoms with van der Waals surface area (Å²) in [5.41, 5.74) is 2.32. The zero-order valence-electron chi connectivity index (χ0n) is 18.3. The van der Waals surface area contributed by atoms with Crippen LogP contribution in [0.2, 0.25) is 0 Å². The van der Waals surface area contributed by atoms with Gasteiger partial charge in [0.1, 0.15) is 12.6 Å². The number of allylic oxidation sites excluding steroid dienone is 2. The van der Waals surface area contributed by atoms with Gasteiger partial charge in [0.2, 0.25) is 0 Å². The minimum absolute atomic E-state index is 0.238. The van der Waals surface area contributed by atoms with E-state index in [1.807, 2.05) is 20.0 Å². The molecule has 29 heavy (non-hydrogen) atoms. The van der Waals surface area contributed by atoms with E-state index in [4.69, 9.17) is 0 Å². The molecule has 1 atom stereocenters. The molecule has 0 aliphatic carbocycles. The Morgan fingerprint density at radius 3 is 2.34 bits per heavy atom. The number of carbonyl (C=O) groups excluding carboxylic acids is 2. The van der Waals surface area contributed by atoms with Gasteiger partial charge < -0.3 is 14.9 Å². The van der Waals surface area contributed by atoms with Crippen molar-refractivity contribution in [3.8, 4) is 0 Å². The second-order valence-corrected chi connectivity index (χ2v) is 7.39. The number of aldehydes is 2. The average Bonchev–Trinajstić information content (AvgIpc) is 2.98. The summed E-state index contributed by atoms with van der Waals surface area (Å²) in [6.45, 7) is 6.93. The topological polar surface area (TPSA) is 73.1 Å². The number of hydrogen-bond acceptors (Lipinski definition) is 4. The van der Waals surface area contributed by atoms with Crippen molar-refractivity contribution in [3.63, 3.8) is 0 Å². The van der Waals surface area contributed by atoms with E-state index in [-0.39, 0.29) is 12.1 Å². The zero-order chi connectivity index (χ0) is 21.6. The van der Waals surface area contributed by atoms with Crippen LogP contribution in [0.4, 0.5) is 0 Å². The van der Waals surface area contributed by atoms with Gasteiger partial charge in [0.05, 0.1) is 17.4 Å². The molecule has 0 saturated heterocycles. The zero-order valence-corrected chi connectivity index (χ0v) is 18.3. The first-order valence-electron chi connectivity index (χ1n) is 10.7. The van der Waals surface area contributed by atoms with Crippen LogP contribution >= 0.6 is 0 Å². The van der Waals surface area contributed by atoms with Crippen LogP contribution in [-0.2, 0) is 16.6 Å². The second kappa shape index (κ2) is 13.9. The third kappa shape index (κ3) is 6.96. The van der Waals surface area contributed by atoms with Gasteiger partial charge in [-0.2, -0.15) is 0 Å². The van der Waals surface area contributed by atoms with Crippen molar-refractivity contribution in [2.24, 2.45) is 7.05 Å². The maximum Gasteiger partial charge on any atom is 0.329 e. The number of unbranched alkanes of at least 4 members (excludes halogenated alkanes) is 5. The van der Waals surface area contributed by atoms with Gasteiger partial charge in [0, 0.05) is 13.5 Å². The molecular formula is C23H37N3O3. The van der Waals surface area contributed by atoms with Gasteiger partial charge in [0.25, 0.3) is 0 Å². The lowest BCUT2D eigenvalue weighted by atomic mass is 10.0. The number of carbonyl (C=O) groups is 2. The van der Waals surface area contributed by atoms with Crippen LogP contribution in [-0.4, -0.2) is 35.3 Å². The Balaban J connectivity index is 2.91. The van der Waals surface area contributed by atoms with E-state index in [0.717, 1.165) is 49.6 Å². The lowest BCUT2D eigenvalue weighted by Gasteiger charge is -2.13. The summed E-state index contributed by atoms with van der Waals surface area (Å²) in [7, 11) is 3.71. The number of imidazole rings is 1. The highest BCUT2D eigenvalue weighted by Gasteiger charge is 2.23. The van der Waals surface area contributed by atoms with Crippen molar-refractivity contribution in [2.45, 2.75) is 70.8 Å². The van der Waals surface area contributed by atoms with Gasteiger partial charge >= 0.3 is 5.69 Å². The lowest BCUT2D eigenvalue weighted by Crippen LogP contribution is -2.28. The number of hydrogen-bond donors (Lipinski definition) is 1. The van der Waals surface area contributed by atoms with E-state index in [9.17, 15) is 14.4 Å². The van der Waals surface area contributed by atoms with Crippen LogP contribution in [0, 0.1) is 0 Å². The van der Waals surface area contributed by atoms with Gasteiger partial charge in [-0.3, -0.25) is 9.13 Å². The number of rotatable bonds is 16. The summed E-state index contributed by atoms with van der Waals surface area (Å²) in [6, 6.07) is -0.656. The van der Waals surface area contributed by atoms with E-state index >= 15 is 0 Å². The first-order chi connectivity index (χ1) is 14.1. The molecule has 0 saturated carbocycles. The standard InChI is InChI=1S/C23H37N3O3/c1-5-19(14-11-9-7-8-10-12-16-24-3)22-21(6-2)26(23(29)25(22)4)20(18-28)15-13-17-27/h5-6,17-18,20,24H,2,7-16H2,1,3-4H3/b19-5-. The van der Waals surface area contributed by atoms with E-state index in [0.29, 0.717) is 12.1 Å². The third-order valence-corrected chi connectivity index (χ3v) is 5.37. The molecule has 0 spiro atoms. The van der Waals surface area contributed by atoms with Crippen molar-refractivity contribution >= 4 is 24.2 Å². The summed E-state index contributed by atoms with van der Waals surface area (Å²) < 4.78 is 3.08. The van der Waals surface area contributed by atoms with Crippen LogP contribution in [0.3, 0.4) is 0 Å². The molecule has 0 fully saturated rings. The Labute approximate surface area is 174 Å². The number of nitrogens with one attached hydrogen (secondary N) is 1. The molecule has 0 radical (unpaired) electrons. The summed E-state index contributed by atoms with van der Waals surface area (Å²) in [5.74, 6) is 0.